The number of H-pyrrole nitrogens is 1. The Kier molecular flexibility index (Phi) is 5.62. The van der Waals surface area contributed by atoms with Gasteiger partial charge >= 0.3 is 0 Å². The van der Waals surface area contributed by atoms with Crippen LogP contribution in [0.15, 0.2) is 80.4 Å². The Bertz CT molecular complexity index is 1130. The lowest BCUT2D eigenvalue weighted by Gasteiger charge is -2.07. The number of hydrazone groups is 1. The summed E-state index contributed by atoms with van der Waals surface area (Å²) in [5.41, 5.74) is 5.26. The molecule has 0 bridgehead atoms. The van der Waals surface area contributed by atoms with Crippen LogP contribution in [0, 0.1) is 6.92 Å². The lowest BCUT2D eigenvalue weighted by atomic mass is 10.2. The highest BCUT2D eigenvalue weighted by atomic mass is 32.2. The number of nitrogens with one attached hydrogen (secondary N) is 2. The van der Waals surface area contributed by atoms with Crippen LogP contribution >= 0.6 is 11.8 Å². The zero-order chi connectivity index (χ0) is 20.1. The van der Waals surface area contributed by atoms with Crippen LogP contribution in [-0.2, 0) is 4.79 Å². The summed E-state index contributed by atoms with van der Waals surface area (Å²) in [7, 11) is 0. The quantitative estimate of drug-likeness (QED) is 0.355. The molecule has 2 heterocycles. The molecular weight excluding hydrogens is 388 g/mol. The van der Waals surface area contributed by atoms with E-state index in [4.69, 9.17) is 9.15 Å². The minimum absolute atomic E-state index is 0.118. The molecule has 0 fully saturated rings. The van der Waals surface area contributed by atoms with Gasteiger partial charge in [-0.1, -0.05) is 30.3 Å². The third kappa shape index (κ3) is 4.85. The zero-order valence-corrected chi connectivity index (χ0v) is 16.4. The maximum absolute atomic E-state index is 11.9. The fourth-order valence-corrected chi connectivity index (χ4v) is 3.36. The minimum Gasteiger partial charge on any atom is -0.483 e. The highest BCUT2D eigenvalue weighted by Gasteiger charge is 2.08. The third-order valence-corrected chi connectivity index (χ3v) is 4.81. The number of carbonyl (C=O) groups excluding carboxylic acids is 1. The van der Waals surface area contributed by atoms with Crippen LogP contribution in [0.1, 0.15) is 11.3 Å². The largest absolute Gasteiger partial charge is 0.483 e. The van der Waals surface area contributed by atoms with Crippen LogP contribution < -0.4 is 10.2 Å². The topological polar surface area (TPSA) is 92.5 Å². The van der Waals surface area contributed by atoms with E-state index in [1.807, 2.05) is 61.5 Å². The van der Waals surface area contributed by atoms with Gasteiger partial charge < -0.3 is 14.1 Å². The Morgan fingerprint density at radius 2 is 2.03 bits per heavy atom. The minimum atomic E-state index is -0.354. The van der Waals surface area contributed by atoms with Gasteiger partial charge in [0.05, 0.1) is 17.2 Å². The number of hydrogen-bond donors (Lipinski definition) is 2. The third-order valence-electron chi connectivity index (χ3n) is 4.00. The summed E-state index contributed by atoms with van der Waals surface area (Å²) < 4.78 is 11.2. The van der Waals surface area contributed by atoms with Crippen molar-refractivity contribution in [2.45, 2.75) is 17.2 Å². The normalized spacial score (nSPS) is 11.2. The first-order valence-corrected chi connectivity index (χ1v) is 9.72. The Morgan fingerprint density at radius 1 is 1.21 bits per heavy atom. The van der Waals surface area contributed by atoms with Crippen LogP contribution in [0.5, 0.6) is 5.75 Å². The fraction of sp³-hybridized carbons (Fsp3) is 0.0952. The van der Waals surface area contributed by atoms with Crippen molar-refractivity contribution in [2.75, 3.05) is 6.61 Å². The van der Waals surface area contributed by atoms with Gasteiger partial charge in [0, 0.05) is 0 Å². The summed E-state index contributed by atoms with van der Waals surface area (Å²) >= 11 is 1.38. The van der Waals surface area contributed by atoms with Gasteiger partial charge in [-0.25, -0.2) is 10.4 Å². The Labute approximate surface area is 171 Å². The van der Waals surface area contributed by atoms with E-state index in [0.29, 0.717) is 16.6 Å². The van der Waals surface area contributed by atoms with Crippen molar-refractivity contribution in [3.05, 3.63) is 72.0 Å². The van der Waals surface area contributed by atoms with Crippen LogP contribution in [0.2, 0.25) is 0 Å². The maximum Gasteiger partial charge on any atom is 0.277 e. The Hall–Kier alpha value is -3.52. The molecule has 1 amide bonds. The summed E-state index contributed by atoms with van der Waals surface area (Å²) in [6, 6.07) is 18.9. The number of benzene rings is 2. The lowest BCUT2D eigenvalue weighted by Crippen LogP contribution is -2.24. The molecule has 146 valence electrons. The molecule has 0 radical (unpaired) electrons. The van der Waals surface area contributed by atoms with E-state index in [-0.39, 0.29) is 12.5 Å². The molecule has 4 rings (SSSR count). The summed E-state index contributed by atoms with van der Waals surface area (Å²) in [6.07, 6.45) is 1.44. The summed E-state index contributed by atoms with van der Waals surface area (Å²) in [5, 5.41) is 5.31. The summed E-state index contributed by atoms with van der Waals surface area (Å²) in [6.45, 7) is 1.80. The smallest absolute Gasteiger partial charge is 0.277 e. The molecule has 0 atom stereocenters. The number of rotatable bonds is 7. The number of amides is 1. The van der Waals surface area contributed by atoms with Crippen molar-refractivity contribution >= 4 is 34.9 Å². The Balaban J connectivity index is 1.28. The molecule has 2 N–H and O–H groups in total. The van der Waals surface area contributed by atoms with Crippen molar-refractivity contribution in [1.82, 2.24) is 15.4 Å². The SMILES string of the molecule is Cc1ccccc1OCC(=O)N/N=C/c1ccc(Sc2nc3ccccc3[nH]2)o1. The van der Waals surface area contributed by atoms with E-state index in [9.17, 15) is 4.79 Å². The van der Waals surface area contributed by atoms with E-state index in [0.717, 1.165) is 21.8 Å². The first-order valence-electron chi connectivity index (χ1n) is 8.90. The molecule has 8 heteroatoms. The number of ether oxygens (including phenoxy) is 1. The Morgan fingerprint density at radius 3 is 2.90 bits per heavy atom. The monoisotopic (exact) mass is 406 g/mol. The molecule has 7 nitrogen and oxygen atoms in total. The van der Waals surface area contributed by atoms with Crippen molar-refractivity contribution < 1.29 is 13.9 Å². The molecule has 0 aliphatic carbocycles. The van der Waals surface area contributed by atoms with Crippen LogP contribution in [0.4, 0.5) is 0 Å². The number of aryl methyl sites for hydroxylation is 1. The average Bonchev–Trinajstić information content (AvgIpc) is 3.33. The van der Waals surface area contributed by atoms with E-state index in [1.54, 1.807) is 6.07 Å². The molecule has 0 aliphatic heterocycles. The number of aromatic amines is 1. The molecule has 0 unspecified atom stereocenters. The molecule has 4 aromatic rings. The lowest BCUT2D eigenvalue weighted by molar-refractivity contribution is -0.123. The maximum atomic E-state index is 11.9. The van der Waals surface area contributed by atoms with Gasteiger partial charge in [-0.3, -0.25) is 4.79 Å². The van der Waals surface area contributed by atoms with Gasteiger partial charge in [-0.15, -0.1) is 0 Å². The van der Waals surface area contributed by atoms with Gasteiger partial charge in [-0.05, 0) is 54.6 Å². The second kappa shape index (κ2) is 8.66. The second-order valence-electron chi connectivity index (χ2n) is 6.17. The standard InChI is InChI=1S/C21H18N4O3S/c1-14-6-2-5-9-18(14)27-13-19(26)25-22-12-15-10-11-20(28-15)29-21-23-16-7-3-4-8-17(16)24-21/h2-12H,13H2,1H3,(H,23,24)(H,25,26)/b22-12+. The predicted molar refractivity (Wildman–Crippen MR) is 111 cm³/mol. The van der Waals surface area contributed by atoms with Gasteiger partial charge in [0.25, 0.3) is 5.91 Å². The van der Waals surface area contributed by atoms with E-state index in [1.165, 1.54) is 18.0 Å². The van der Waals surface area contributed by atoms with Crippen LogP contribution in [0.3, 0.4) is 0 Å². The van der Waals surface area contributed by atoms with E-state index in [2.05, 4.69) is 20.5 Å². The molecule has 0 saturated carbocycles. The molecule has 2 aromatic heterocycles. The molecule has 0 saturated heterocycles. The van der Waals surface area contributed by atoms with E-state index < -0.39 is 0 Å². The number of hydrogen-bond acceptors (Lipinski definition) is 6. The second-order valence-corrected chi connectivity index (χ2v) is 7.16. The molecular formula is C21H18N4O3S. The summed E-state index contributed by atoms with van der Waals surface area (Å²) in [4.78, 5) is 19.6. The zero-order valence-electron chi connectivity index (χ0n) is 15.6. The number of carbonyl (C=O) groups is 1. The summed E-state index contributed by atoms with van der Waals surface area (Å²) in [5.74, 6) is 0.835. The number of furan rings is 1. The number of fused-ring (bicyclic) bond motifs is 1. The molecule has 0 spiro atoms. The van der Waals surface area contributed by atoms with Gasteiger partial charge in [-0.2, -0.15) is 5.10 Å². The van der Waals surface area contributed by atoms with Gasteiger partial charge in [0.15, 0.2) is 16.9 Å². The molecule has 2 aromatic carbocycles. The number of nitrogens with zero attached hydrogens (tertiary/aromatic N) is 2. The van der Waals surface area contributed by atoms with Crippen molar-refractivity contribution in [3.8, 4) is 5.75 Å². The van der Waals surface area contributed by atoms with E-state index >= 15 is 0 Å². The fourth-order valence-electron chi connectivity index (χ4n) is 2.59. The molecule has 29 heavy (non-hydrogen) atoms. The van der Waals surface area contributed by atoms with Gasteiger partial charge in [0.1, 0.15) is 11.5 Å². The van der Waals surface area contributed by atoms with Crippen LogP contribution in [0.25, 0.3) is 11.0 Å². The van der Waals surface area contributed by atoms with Gasteiger partial charge in [0.2, 0.25) is 0 Å². The van der Waals surface area contributed by atoms with Crippen molar-refractivity contribution in [3.63, 3.8) is 0 Å². The van der Waals surface area contributed by atoms with Crippen LogP contribution in [-0.4, -0.2) is 28.7 Å². The number of imidazole rings is 1. The first kappa shape index (κ1) is 18.8. The molecule has 0 aliphatic rings. The highest BCUT2D eigenvalue weighted by molar-refractivity contribution is 7.99. The highest BCUT2D eigenvalue weighted by Crippen LogP contribution is 2.28. The van der Waals surface area contributed by atoms with Crippen molar-refractivity contribution in [2.24, 2.45) is 5.10 Å². The predicted octanol–water partition coefficient (Wildman–Crippen LogP) is 4.14. The number of aromatic nitrogens is 2. The van der Waals surface area contributed by atoms with Crippen molar-refractivity contribution in [1.29, 1.82) is 0 Å². The number of para-hydroxylation sites is 3. The first-order chi connectivity index (χ1) is 14.2. The average molecular weight is 406 g/mol.